The van der Waals surface area contributed by atoms with E-state index in [9.17, 15) is 4.79 Å². The molecule has 0 atom stereocenters. The van der Waals surface area contributed by atoms with Crippen molar-refractivity contribution in [3.63, 3.8) is 0 Å². The molecule has 3 aromatic rings. The number of ketones is 1. The Kier molecular flexibility index (Phi) is 4.29. The van der Waals surface area contributed by atoms with Crippen molar-refractivity contribution in [3.8, 4) is 5.69 Å². The van der Waals surface area contributed by atoms with Crippen molar-refractivity contribution in [2.75, 3.05) is 5.75 Å². The van der Waals surface area contributed by atoms with Gasteiger partial charge in [0.15, 0.2) is 5.78 Å². The summed E-state index contributed by atoms with van der Waals surface area (Å²) in [5.41, 5.74) is 3.69. The minimum atomic E-state index is 0.0822. The van der Waals surface area contributed by atoms with Crippen molar-refractivity contribution in [2.24, 2.45) is 7.05 Å². The van der Waals surface area contributed by atoms with Crippen molar-refractivity contribution in [3.05, 3.63) is 53.3 Å². The number of hydrogen-bond acceptors (Lipinski definition) is 5. The Hall–Kier alpha value is -2.41. The third-order valence-electron chi connectivity index (χ3n) is 3.85. The minimum Gasteiger partial charge on any atom is -0.351 e. The Labute approximate surface area is 138 Å². The lowest BCUT2D eigenvalue weighted by atomic mass is 10.2. The summed E-state index contributed by atoms with van der Waals surface area (Å²) in [5.74, 6) is 0.385. The van der Waals surface area contributed by atoms with Gasteiger partial charge in [-0.1, -0.05) is 30.0 Å². The number of para-hydroxylation sites is 1. The molecule has 0 aliphatic carbocycles. The molecule has 0 amide bonds. The second-order valence-corrected chi connectivity index (χ2v) is 6.21. The van der Waals surface area contributed by atoms with Gasteiger partial charge >= 0.3 is 0 Å². The van der Waals surface area contributed by atoms with E-state index in [0.29, 0.717) is 10.9 Å². The van der Waals surface area contributed by atoms with Crippen LogP contribution in [0.25, 0.3) is 5.69 Å². The van der Waals surface area contributed by atoms with Crippen molar-refractivity contribution in [1.82, 2.24) is 24.8 Å². The molecule has 1 aromatic carbocycles. The molecule has 0 spiro atoms. The Morgan fingerprint density at radius 1 is 1.22 bits per heavy atom. The zero-order chi connectivity index (χ0) is 16.4. The second kappa shape index (κ2) is 6.37. The number of carbonyl (C=O) groups is 1. The fourth-order valence-electron chi connectivity index (χ4n) is 2.35. The molecule has 0 aliphatic rings. The summed E-state index contributed by atoms with van der Waals surface area (Å²) in [6.07, 6.45) is 0. The first-order valence-corrected chi connectivity index (χ1v) is 8.19. The minimum absolute atomic E-state index is 0.0822. The van der Waals surface area contributed by atoms with Gasteiger partial charge in [0.1, 0.15) is 0 Å². The average molecular weight is 327 g/mol. The van der Waals surface area contributed by atoms with E-state index in [2.05, 4.69) is 15.5 Å². The zero-order valence-electron chi connectivity index (χ0n) is 13.2. The number of Topliss-reactive ketones (excluding diaryl/α,β-unsaturated/α-hetero) is 1. The number of aryl methyl sites for hydroxylation is 1. The Bertz CT molecular complexity index is 838. The maximum atomic E-state index is 12.5. The number of carbonyl (C=O) groups excluding carboxylic acids is 1. The first-order chi connectivity index (χ1) is 11.1. The summed E-state index contributed by atoms with van der Waals surface area (Å²) in [6, 6.07) is 11.6. The van der Waals surface area contributed by atoms with Crippen LogP contribution in [0.4, 0.5) is 0 Å². The van der Waals surface area contributed by atoms with Crippen LogP contribution in [0.1, 0.15) is 21.7 Å². The second-order valence-electron chi connectivity index (χ2n) is 5.26. The Morgan fingerprint density at radius 3 is 2.61 bits per heavy atom. The number of tetrazole rings is 1. The van der Waals surface area contributed by atoms with Gasteiger partial charge in [-0.25, -0.2) is 0 Å². The lowest BCUT2D eigenvalue weighted by Crippen LogP contribution is -2.06. The summed E-state index contributed by atoms with van der Waals surface area (Å²) < 4.78 is 3.66. The van der Waals surface area contributed by atoms with Gasteiger partial charge in [0.25, 0.3) is 0 Å². The number of benzene rings is 1. The molecule has 2 aromatic heterocycles. The van der Waals surface area contributed by atoms with Crippen LogP contribution in [0, 0.1) is 13.8 Å². The standard InChI is InChI=1S/C16H17N5OS/c1-11-9-14(12(2)20(11)3)15(22)10-23-16-17-18-19-21(16)13-7-5-4-6-8-13/h4-9H,10H2,1-3H3. The summed E-state index contributed by atoms with van der Waals surface area (Å²) >= 11 is 1.34. The van der Waals surface area contributed by atoms with Gasteiger partial charge in [0.05, 0.1) is 11.4 Å². The molecule has 0 N–H and O–H groups in total. The predicted molar refractivity (Wildman–Crippen MR) is 89.1 cm³/mol. The third-order valence-corrected chi connectivity index (χ3v) is 4.77. The first kappa shape index (κ1) is 15.5. The Balaban J connectivity index is 1.76. The molecule has 0 radical (unpaired) electrons. The van der Waals surface area contributed by atoms with Crippen LogP contribution in [-0.2, 0) is 7.05 Å². The van der Waals surface area contributed by atoms with Crippen LogP contribution in [0.2, 0.25) is 0 Å². The molecule has 23 heavy (non-hydrogen) atoms. The van der Waals surface area contributed by atoms with E-state index in [-0.39, 0.29) is 5.78 Å². The van der Waals surface area contributed by atoms with Gasteiger partial charge in [-0.2, -0.15) is 4.68 Å². The molecule has 0 saturated carbocycles. The van der Waals surface area contributed by atoms with Gasteiger partial charge in [-0.05, 0) is 42.5 Å². The summed E-state index contributed by atoms with van der Waals surface area (Å²) in [4.78, 5) is 12.5. The molecule has 118 valence electrons. The van der Waals surface area contributed by atoms with E-state index >= 15 is 0 Å². The summed E-state index contributed by atoms with van der Waals surface area (Å²) in [6.45, 7) is 3.95. The predicted octanol–water partition coefficient (Wildman–Crippen LogP) is 2.59. The van der Waals surface area contributed by atoms with E-state index < -0.39 is 0 Å². The molecule has 3 rings (SSSR count). The monoisotopic (exact) mass is 327 g/mol. The van der Waals surface area contributed by atoms with Crippen LogP contribution in [-0.4, -0.2) is 36.3 Å². The number of aromatic nitrogens is 5. The topological polar surface area (TPSA) is 65.6 Å². The molecule has 0 unspecified atom stereocenters. The van der Waals surface area contributed by atoms with Gasteiger partial charge < -0.3 is 4.57 Å². The van der Waals surface area contributed by atoms with Crippen LogP contribution in [0.5, 0.6) is 0 Å². The maximum absolute atomic E-state index is 12.5. The quantitative estimate of drug-likeness (QED) is 0.532. The van der Waals surface area contributed by atoms with Gasteiger partial charge in [-0.15, -0.1) is 5.10 Å². The van der Waals surface area contributed by atoms with Crippen LogP contribution in [0.15, 0.2) is 41.6 Å². The molecular formula is C16H17N5OS. The third kappa shape index (κ3) is 3.05. The molecule has 0 fully saturated rings. The van der Waals surface area contributed by atoms with Gasteiger partial charge in [0, 0.05) is 24.0 Å². The lowest BCUT2D eigenvalue weighted by Gasteiger charge is -2.04. The number of rotatable bonds is 5. The largest absolute Gasteiger partial charge is 0.351 e. The zero-order valence-corrected chi connectivity index (χ0v) is 14.0. The van der Waals surface area contributed by atoms with E-state index in [4.69, 9.17) is 0 Å². The fourth-order valence-corrected chi connectivity index (χ4v) is 3.12. The highest BCUT2D eigenvalue weighted by molar-refractivity contribution is 7.99. The molecule has 0 saturated heterocycles. The van der Waals surface area contributed by atoms with Crippen LogP contribution in [0.3, 0.4) is 0 Å². The highest BCUT2D eigenvalue weighted by atomic mass is 32.2. The smallest absolute Gasteiger partial charge is 0.214 e. The van der Waals surface area contributed by atoms with Gasteiger partial charge in [-0.3, -0.25) is 4.79 Å². The van der Waals surface area contributed by atoms with Crippen molar-refractivity contribution in [2.45, 2.75) is 19.0 Å². The summed E-state index contributed by atoms with van der Waals surface area (Å²) in [7, 11) is 1.96. The highest BCUT2D eigenvalue weighted by Crippen LogP contribution is 2.21. The highest BCUT2D eigenvalue weighted by Gasteiger charge is 2.16. The van der Waals surface area contributed by atoms with Crippen molar-refractivity contribution in [1.29, 1.82) is 0 Å². The maximum Gasteiger partial charge on any atom is 0.214 e. The van der Waals surface area contributed by atoms with Crippen LogP contribution < -0.4 is 0 Å². The van der Waals surface area contributed by atoms with Gasteiger partial charge in [0.2, 0.25) is 5.16 Å². The number of hydrogen-bond donors (Lipinski definition) is 0. The van der Waals surface area contributed by atoms with Crippen molar-refractivity contribution >= 4 is 17.5 Å². The molecule has 7 heteroatoms. The van der Waals surface area contributed by atoms with Crippen LogP contribution >= 0.6 is 11.8 Å². The lowest BCUT2D eigenvalue weighted by molar-refractivity contribution is 0.102. The Morgan fingerprint density at radius 2 is 1.96 bits per heavy atom. The first-order valence-electron chi connectivity index (χ1n) is 7.20. The molecule has 2 heterocycles. The average Bonchev–Trinajstić information content (AvgIpc) is 3.14. The van der Waals surface area contributed by atoms with E-state index in [1.165, 1.54) is 11.8 Å². The molecule has 0 aliphatic heterocycles. The van der Waals surface area contributed by atoms with Crippen molar-refractivity contribution < 1.29 is 4.79 Å². The van der Waals surface area contributed by atoms with E-state index in [0.717, 1.165) is 22.6 Å². The molecular weight excluding hydrogens is 310 g/mol. The molecule has 6 nitrogen and oxygen atoms in total. The van der Waals surface area contributed by atoms with E-state index in [1.807, 2.05) is 61.9 Å². The number of thioether (sulfide) groups is 1. The van der Waals surface area contributed by atoms with E-state index in [1.54, 1.807) is 4.68 Å². The number of nitrogens with zero attached hydrogens (tertiary/aromatic N) is 5. The summed E-state index contributed by atoms with van der Waals surface area (Å²) in [5, 5.41) is 12.3. The SMILES string of the molecule is Cc1cc(C(=O)CSc2nnnn2-c2ccccc2)c(C)n1C. The normalized spacial score (nSPS) is 10.9. The molecule has 0 bridgehead atoms. The fraction of sp³-hybridized carbons (Fsp3) is 0.250.